The van der Waals surface area contributed by atoms with Gasteiger partial charge in [-0.15, -0.1) is 0 Å². The van der Waals surface area contributed by atoms with Crippen molar-refractivity contribution >= 4 is 17.4 Å². The largest absolute Gasteiger partial charge is 0.363 e. The molecule has 0 saturated carbocycles. The number of rotatable bonds is 1. The Morgan fingerprint density at radius 2 is 2.10 bits per heavy atom. The summed E-state index contributed by atoms with van der Waals surface area (Å²) in [4.78, 5) is 9.59. The van der Waals surface area contributed by atoms with E-state index in [1.165, 1.54) is 6.33 Å². The maximum Gasteiger partial charge on any atom is 0.134 e. The quantitative estimate of drug-likeness (QED) is 0.574. The molecule has 1 aromatic heterocycles. The molecule has 1 rings (SSSR count). The summed E-state index contributed by atoms with van der Waals surface area (Å²) < 4.78 is 0. The van der Waals surface area contributed by atoms with Gasteiger partial charge in [0.15, 0.2) is 0 Å². The predicted octanol–water partition coefficient (Wildman–Crippen LogP) is 1.20. The van der Waals surface area contributed by atoms with Crippen LogP contribution in [0.5, 0.6) is 0 Å². The highest BCUT2D eigenvalue weighted by Crippen LogP contribution is 2.10. The minimum absolute atomic E-state index is 0.471. The molecule has 0 radical (unpaired) electrons. The molecular formula is C6H8ClN3. The molecule has 0 amide bonds. The summed E-state index contributed by atoms with van der Waals surface area (Å²) in [7, 11) is 3.80. The van der Waals surface area contributed by atoms with Crippen LogP contribution in [0.4, 0.5) is 5.82 Å². The molecule has 54 valence electrons. The lowest BCUT2D eigenvalue weighted by atomic mass is 10.5. The van der Waals surface area contributed by atoms with E-state index < -0.39 is 0 Å². The van der Waals surface area contributed by atoms with Gasteiger partial charge in [0.1, 0.15) is 17.3 Å². The average Bonchev–Trinajstić information content (AvgIpc) is 1.88. The summed E-state index contributed by atoms with van der Waals surface area (Å²) in [6, 6.07) is 1.71. The highest BCUT2D eigenvalue weighted by Gasteiger charge is 1.95. The first kappa shape index (κ1) is 7.28. The Kier molecular flexibility index (Phi) is 2.06. The van der Waals surface area contributed by atoms with E-state index in [1.807, 2.05) is 19.0 Å². The fraction of sp³-hybridized carbons (Fsp3) is 0.333. The molecule has 0 N–H and O–H groups in total. The van der Waals surface area contributed by atoms with Crippen LogP contribution >= 0.6 is 11.6 Å². The van der Waals surface area contributed by atoms with E-state index in [9.17, 15) is 0 Å². The maximum atomic E-state index is 5.61. The minimum atomic E-state index is 0.471. The van der Waals surface area contributed by atoms with Gasteiger partial charge in [0.05, 0.1) is 0 Å². The summed E-state index contributed by atoms with van der Waals surface area (Å²) in [5.41, 5.74) is 0. The van der Waals surface area contributed by atoms with Crippen LogP contribution in [0.1, 0.15) is 0 Å². The summed E-state index contributed by atoms with van der Waals surface area (Å²) in [5, 5.41) is 0.471. The summed E-state index contributed by atoms with van der Waals surface area (Å²) in [6.07, 6.45) is 1.44. The van der Waals surface area contributed by atoms with Crippen molar-refractivity contribution in [1.29, 1.82) is 0 Å². The van der Waals surface area contributed by atoms with Crippen molar-refractivity contribution in [2.75, 3.05) is 19.0 Å². The van der Waals surface area contributed by atoms with Crippen molar-refractivity contribution in [3.05, 3.63) is 17.5 Å². The van der Waals surface area contributed by atoms with Gasteiger partial charge in [-0.05, 0) is 0 Å². The summed E-state index contributed by atoms with van der Waals surface area (Å²) >= 11 is 5.61. The monoisotopic (exact) mass is 157 g/mol. The standard InChI is InChI=1S/C6H8ClN3/c1-10(2)6-3-5(7)8-4-9-6/h3-4H,1-2H3. The van der Waals surface area contributed by atoms with Crippen LogP contribution in [0, 0.1) is 0 Å². The molecule has 0 saturated heterocycles. The fourth-order valence-corrected chi connectivity index (χ4v) is 0.710. The van der Waals surface area contributed by atoms with Gasteiger partial charge in [-0.25, -0.2) is 9.97 Å². The molecule has 0 aromatic carbocycles. The number of hydrogen-bond donors (Lipinski definition) is 0. The zero-order valence-electron chi connectivity index (χ0n) is 5.87. The minimum Gasteiger partial charge on any atom is -0.363 e. The number of nitrogens with zero attached hydrogens (tertiary/aromatic N) is 3. The van der Waals surface area contributed by atoms with E-state index >= 15 is 0 Å². The van der Waals surface area contributed by atoms with Crippen LogP contribution in [0.2, 0.25) is 5.15 Å². The van der Waals surface area contributed by atoms with Crippen molar-refractivity contribution in [2.24, 2.45) is 0 Å². The first-order valence-electron chi connectivity index (χ1n) is 2.85. The zero-order chi connectivity index (χ0) is 7.56. The van der Waals surface area contributed by atoms with E-state index in [4.69, 9.17) is 11.6 Å². The number of hydrogen-bond acceptors (Lipinski definition) is 3. The summed E-state index contributed by atoms with van der Waals surface area (Å²) in [6.45, 7) is 0. The van der Waals surface area contributed by atoms with Crippen LogP contribution in [-0.4, -0.2) is 24.1 Å². The Labute approximate surface area is 64.7 Å². The average molecular weight is 158 g/mol. The summed E-state index contributed by atoms with van der Waals surface area (Å²) in [5.74, 6) is 0.819. The van der Waals surface area contributed by atoms with E-state index in [2.05, 4.69) is 9.97 Å². The Balaban J connectivity index is 2.96. The van der Waals surface area contributed by atoms with E-state index in [0.29, 0.717) is 5.15 Å². The molecule has 0 unspecified atom stereocenters. The fourth-order valence-electron chi connectivity index (χ4n) is 0.569. The molecular weight excluding hydrogens is 150 g/mol. The van der Waals surface area contributed by atoms with Gasteiger partial charge in [0, 0.05) is 20.2 Å². The lowest BCUT2D eigenvalue weighted by molar-refractivity contribution is 1.04. The van der Waals surface area contributed by atoms with Gasteiger partial charge in [0.25, 0.3) is 0 Å². The lowest BCUT2D eigenvalue weighted by Gasteiger charge is -2.09. The first-order valence-corrected chi connectivity index (χ1v) is 3.23. The second-order valence-electron chi connectivity index (χ2n) is 2.09. The van der Waals surface area contributed by atoms with Crippen molar-refractivity contribution in [3.63, 3.8) is 0 Å². The number of anilines is 1. The lowest BCUT2D eigenvalue weighted by Crippen LogP contribution is -2.10. The molecule has 1 aromatic rings. The highest BCUT2D eigenvalue weighted by molar-refractivity contribution is 6.29. The Morgan fingerprint density at radius 1 is 1.40 bits per heavy atom. The Bertz CT molecular complexity index is 224. The molecule has 0 aliphatic heterocycles. The van der Waals surface area contributed by atoms with E-state index in [0.717, 1.165) is 5.82 Å². The second-order valence-corrected chi connectivity index (χ2v) is 2.48. The highest BCUT2D eigenvalue weighted by atomic mass is 35.5. The number of halogens is 1. The van der Waals surface area contributed by atoms with Gasteiger partial charge in [-0.1, -0.05) is 11.6 Å². The normalized spacial score (nSPS) is 9.50. The third-order valence-corrected chi connectivity index (χ3v) is 1.28. The van der Waals surface area contributed by atoms with Gasteiger partial charge >= 0.3 is 0 Å². The Hall–Kier alpha value is -0.830. The zero-order valence-corrected chi connectivity index (χ0v) is 6.63. The Morgan fingerprint density at radius 3 is 2.50 bits per heavy atom. The first-order chi connectivity index (χ1) is 4.70. The molecule has 10 heavy (non-hydrogen) atoms. The molecule has 3 nitrogen and oxygen atoms in total. The van der Waals surface area contributed by atoms with Crippen LogP contribution in [0.15, 0.2) is 12.4 Å². The number of aromatic nitrogens is 2. The topological polar surface area (TPSA) is 29.0 Å². The third-order valence-electron chi connectivity index (χ3n) is 1.08. The third kappa shape index (κ3) is 1.57. The predicted molar refractivity (Wildman–Crippen MR) is 41.4 cm³/mol. The van der Waals surface area contributed by atoms with Crippen LogP contribution < -0.4 is 4.90 Å². The van der Waals surface area contributed by atoms with Crippen molar-refractivity contribution in [2.45, 2.75) is 0 Å². The van der Waals surface area contributed by atoms with Crippen LogP contribution in [0.3, 0.4) is 0 Å². The molecule has 0 aliphatic rings. The molecule has 0 aliphatic carbocycles. The second kappa shape index (κ2) is 2.84. The van der Waals surface area contributed by atoms with Gasteiger partial charge in [-0.2, -0.15) is 0 Å². The van der Waals surface area contributed by atoms with Gasteiger partial charge in [0.2, 0.25) is 0 Å². The molecule has 4 heteroatoms. The smallest absolute Gasteiger partial charge is 0.134 e. The van der Waals surface area contributed by atoms with Crippen LogP contribution in [-0.2, 0) is 0 Å². The van der Waals surface area contributed by atoms with Gasteiger partial charge < -0.3 is 4.90 Å². The SMILES string of the molecule is CN(C)c1cc(Cl)ncn1. The van der Waals surface area contributed by atoms with E-state index in [-0.39, 0.29) is 0 Å². The molecule has 0 bridgehead atoms. The van der Waals surface area contributed by atoms with Crippen LogP contribution in [0.25, 0.3) is 0 Å². The maximum absolute atomic E-state index is 5.61. The molecule has 1 heterocycles. The molecule has 0 fully saturated rings. The molecule has 0 atom stereocenters. The van der Waals surface area contributed by atoms with Crippen molar-refractivity contribution in [3.8, 4) is 0 Å². The molecule has 0 spiro atoms. The van der Waals surface area contributed by atoms with Gasteiger partial charge in [-0.3, -0.25) is 0 Å². The van der Waals surface area contributed by atoms with Crippen molar-refractivity contribution < 1.29 is 0 Å². The van der Waals surface area contributed by atoms with Crippen molar-refractivity contribution in [1.82, 2.24) is 9.97 Å². The van der Waals surface area contributed by atoms with E-state index in [1.54, 1.807) is 6.07 Å².